The summed E-state index contributed by atoms with van der Waals surface area (Å²) in [5, 5.41) is 10.9. The van der Waals surface area contributed by atoms with E-state index in [2.05, 4.69) is 4.98 Å². The lowest BCUT2D eigenvalue weighted by Gasteiger charge is -2.02. The fourth-order valence-corrected chi connectivity index (χ4v) is 2.28. The van der Waals surface area contributed by atoms with Crippen LogP contribution >= 0.6 is 0 Å². The second-order valence-electron chi connectivity index (χ2n) is 4.47. The Balaban J connectivity index is 2.27. The Morgan fingerprint density at radius 1 is 1.33 bits per heavy atom. The van der Waals surface area contributed by atoms with Crippen LogP contribution in [0.4, 0.5) is 10.1 Å². The highest BCUT2D eigenvalue weighted by Gasteiger charge is 2.17. The largest absolute Gasteiger partial charge is 0.325 e. The second-order valence-corrected chi connectivity index (χ2v) is 4.47. The number of hydrogen-bond donors (Lipinski definition) is 1. The summed E-state index contributed by atoms with van der Waals surface area (Å²) in [5.41, 5.74) is 7.42. The molecule has 21 heavy (non-hydrogen) atoms. The zero-order valence-electron chi connectivity index (χ0n) is 10.9. The summed E-state index contributed by atoms with van der Waals surface area (Å²) in [6, 6.07) is 8.90. The van der Waals surface area contributed by atoms with Crippen LogP contribution in [0.25, 0.3) is 16.9 Å². The van der Waals surface area contributed by atoms with Crippen molar-refractivity contribution < 1.29 is 9.31 Å². The first-order chi connectivity index (χ1) is 10.1. The molecule has 0 bridgehead atoms. The number of nitro groups is 1. The van der Waals surface area contributed by atoms with E-state index in [0.717, 1.165) is 0 Å². The van der Waals surface area contributed by atoms with E-state index < -0.39 is 10.7 Å². The van der Waals surface area contributed by atoms with Crippen LogP contribution in [-0.2, 0) is 6.54 Å². The molecule has 0 saturated heterocycles. The number of rotatable bonds is 3. The van der Waals surface area contributed by atoms with Crippen LogP contribution in [-0.4, -0.2) is 14.3 Å². The van der Waals surface area contributed by atoms with Gasteiger partial charge in [-0.2, -0.15) is 0 Å². The Hall–Kier alpha value is -2.80. The smallest absolute Gasteiger partial charge is 0.270 e. The van der Waals surface area contributed by atoms with Crippen LogP contribution in [0.3, 0.4) is 0 Å². The Labute approximate surface area is 118 Å². The van der Waals surface area contributed by atoms with Gasteiger partial charge in [0.05, 0.1) is 16.3 Å². The fraction of sp³-hybridized carbons (Fsp3) is 0.0714. The average molecular weight is 286 g/mol. The van der Waals surface area contributed by atoms with Gasteiger partial charge in [-0.05, 0) is 12.1 Å². The first-order valence-corrected chi connectivity index (χ1v) is 6.22. The molecule has 3 aromatic rings. The monoisotopic (exact) mass is 286 g/mol. The number of nitrogens with two attached hydrogens (primary N) is 1. The van der Waals surface area contributed by atoms with Crippen molar-refractivity contribution in [3.8, 4) is 11.3 Å². The number of hydrogen-bond acceptors (Lipinski definition) is 4. The summed E-state index contributed by atoms with van der Waals surface area (Å²) < 4.78 is 15.4. The van der Waals surface area contributed by atoms with Crippen molar-refractivity contribution in [2.75, 3.05) is 0 Å². The number of aromatic nitrogens is 2. The topological polar surface area (TPSA) is 86.5 Å². The van der Waals surface area contributed by atoms with E-state index in [4.69, 9.17) is 5.73 Å². The quantitative estimate of drug-likeness (QED) is 0.592. The lowest BCUT2D eigenvalue weighted by atomic mass is 10.1. The molecule has 6 nitrogen and oxygen atoms in total. The van der Waals surface area contributed by atoms with Gasteiger partial charge in [0.15, 0.2) is 11.5 Å². The van der Waals surface area contributed by atoms with Crippen LogP contribution in [0, 0.1) is 15.9 Å². The minimum absolute atomic E-state index is 0.0481. The Morgan fingerprint density at radius 3 is 2.86 bits per heavy atom. The number of benzene rings is 1. The molecule has 0 amide bonds. The van der Waals surface area contributed by atoms with E-state index in [0.29, 0.717) is 17.0 Å². The van der Waals surface area contributed by atoms with Crippen molar-refractivity contribution in [3.05, 3.63) is 64.2 Å². The molecule has 3 rings (SSSR count). The van der Waals surface area contributed by atoms with Gasteiger partial charge >= 0.3 is 0 Å². The number of nitro benzene ring substituents is 1. The highest BCUT2D eigenvalue weighted by molar-refractivity contribution is 5.68. The second kappa shape index (κ2) is 4.95. The molecular formula is C14H11FN4O2. The predicted octanol–water partition coefficient (Wildman–Crippen LogP) is 2.51. The number of fused-ring (bicyclic) bond motifs is 1. The van der Waals surface area contributed by atoms with Gasteiger partial charge in [0, 0.05) is 30.4 Å². The highest BCUT2D eigenvalue weighted by Crippen LogP contribution is 2.27. The van der Waals surface area contributed by atoms with Gasteiger partial charge in [-0.1, -0.05) is 12.1 Å². The van der Waals surface area contributed by atoms with Crippen LogP contribution in [0.15, 0.2) is 42.6 Å². The number of pyridine rings is 1. The van der Waals surface area contributed by atoms with Gasteiger partial charge in [-0.25, -0.2) is 9.37 Å². The third-order valence-electron chi connectivity index (χ3n) is 3.23. The fourth-order valence-electron chi connectivity index (χ4n) is 2.28. The summed E-state index contributed by atoms with van der Waals surface area (Å²) >= 11 is 0. The Bertz CT molecular complexity index is 844. The van der Waals surface area contributed by atoms with E-state index in [1.807, 2.05) is 0 Å². The predicted molar refractivity (Wildman–Crippen MR) is 75.1 cm³/mol. The molecule has 2 aromatic heterocycles. The number of non-ortho nitro benzene ring substituents is 1. The third kappa shape index (κ3) is 2.13. The van der Waals surface area contributed by atoms with Crippen molar-refractivity contribution in [2.45, 2.75) is 6.54 Å². The maximum Gasteiger partial charge on any atom is 0.270 e. The molecule has 0 aliphatic carbocycles. The van der Waals surface area contributed by atoms with Gasteiger partial charge in [0.1, 0.15) is 0 Å². The number of nitrogens with zero attached hydrogens (tertiary/aromatic N) is 3. The molecular weight excluding hydrogens is 275 g/mol. The lowest BCUT2D eigenvalue weighted by Crippen LogP contribution is -2.02. The molecule has 106 valence electrons. The van der Waals surface area contributed by atoms with E-state index in [9.17, 15) is 14.5 Å². The van der Waals surface area contributed by atoms with Crippen molar-refractivity contribution >= 4 is 11.3 Å². The van der Waals surface area contributed by atoms with Crippen LogP contribution in [0.1, 0.15) is 5.69 Å². The van der Waals surface area contributed by atoms with E-state index in [1.54, 1.807) is 28.8 Å². The van der Waals surface area contributed by atoms with E-state index >= 15 is 0 Å². The summed E-state index contributed by atoms with van der Waals surface area (Å²) in [7, 11) is 0. The van der Waals surface area contributed by atoms with E-state index in [1.165, 1.54) is 18.2 Å². The molecule has 1 aromatic carbocycles. The molecule has 2 N–H and O–H groups in total. The lowest BCUT2D eigenvalue weighted by molar-refractivity contribution is -0.384. The minimum atomic E-state index is -0.484. The number of halogens is 1. The molecule has 0 unspecified atom stereocenters. The van der Waals surface area contributed by atoms with Crippen molar-refractivity contribution in [2.24, 2.45) is 5.73 Å². The van der Waals surface area contributed by atoms with Gasteiger partial charge in [-0.15, -0.1) is 0 Å². The maximum absolute atomic E-state index is 13.8. The first-order valence-electron chi connectivity index (χ1n) is 6.22. The molecule has 0 saturated carbocycles. The minimum Gasteiger partial charge on any atom is -0.325 e. The van der Waals surface area contributed by atoms with Gasteiger partial charge < -0.3 is 5.73 Å². The molecule has 0 aliphatic heterocycles. The normalized spacial score (nSPS) is 11.0. The van der Waals surface area contributed by atoms with Crippen molar-refractivity contribution in [1.29, 1.82) is 0 Å². The summed E-state index contributed by atoms with van der Waals surface area (Å²) in [6.45, 7) is 0.142. The van der Waals surface area contributed by atoms with Crippen molar-refractivity contribution in [3.63, 3.8) is 0 Å². The Morgan fingerprint density at radius 2 is 2.14 bits per heavy atom. The molecule has 7 heteroatoms. The van der Waals surface area contributed by atoms with Gasteiger partial charge in [0.2, 0.25) is 0 Å². The van der Waals surface area contributed by atoms with Crippen LogP contribution in [0.2, 0.25) is 0 Å². The molecule has 0 radical (unpaired) electrons. The SMILES string of the molecule is NCc1c(-c2cccc([N+](=O)[O-])c2)nc2c(F)cccn12. The van der Waals surface area contributed by atoms with Crippen LogP contribution < -0.4 is 5.73 Å². The van der Waals surface area contributed by atoms with Crippen LogP contribution in [0.5, 0.6) is 0 Å². The number of imidazole rings is 1. The zero-order chi connectivity index (χ0) is 15.0. The molecule has 0 atom stereocenters. The summed E-state index contributed by atoms with van der Waals surface area (Å²) in [6.07, 6.45) is 1.66. The Kier molecular flexibility index (Phi) is 3.11. The maximum atomic E-state index is 13.8. The highest BCUT2D eigenvalue weighted by atomic mass is 19.1. The average Bonchev–Trinajstić information content (AvgIpc) is 2.87. The molecule has 0 fully saturated rings. The van der Waals surface area contributed by atoms with Crippen molar-refractivity contribution in [1.82, 2.24) is 9.38 Å². The van der Waals surface area contributed by atoms with Gasteiger partial charge in [-0.3, -0.25) is 14.5 Å². The van der Waals surface area contributed by atoms with E-state index in [-0.39, 0.29) is 17.9 Å². The molecule has 0 spiro atoms. The zero-order valence-corrected chi connectivity index (χ0v) is 10.9. The standard InChI is InChI=1S/C14H11FN4O2/c15-11-5-2-6-18-12(8-16)13(17-14(11)18)9-3-1-4-10(7-9)19(20)21/h1-7H,8,16H2. The van der Waals surface area contributed by atoms with Gasteiger partial charge in [0.25, 0.3) is 5.69 Å². The summed E-state index contributed by atoms with van der Waals surface area (Å²) in [4.78, 5) is 14.6. The third-order valence-corrected chi connectivity index (χ3v) is 3.23. The molecule has 2 heterocycles. The summed E-state index contributed by atoms with van der Waals surface area (Å²) in [5.74, 6) is -0.469. The first kappa shape index (κ1) is 13.2. The molecule has 0 aliphatic rings.